The van der Waals surface area contributed by atoms with Crippen LogP contribution in [0.15, 0.2) is 18.2 Å². The highest BCUT2D eigenvalue weighted by Gasteiger charge is 2.24. The molecule has 0 aliphatic carbocycles. The largest absolute Gasteiger partial charge is 0.508 e. The molecule has 1 aromatic carbocycles. The van der Waals surface area contributed by atoms with Crippen LogP contribution in [0.1, 0.15) is 52.5 Å². The average Bonchev–Trinajstić information content (AvgIpc) is 2.30. The predicted molar refractivity (Wildman–Crippen MR) is 77.9 cm³/mol. The highest BCUT2D eigenvalue weighted by Crippen LogP contribution is 2.36. The first-order valence-corrected chi connectivity index (χ1v) is 6.94. The summed E-state index contributed by atoms with van der Waals surface area (Å²) in [7, 11) is 0. The Kier molecular flexibility index (Phi) is 5.43. The van der Waals surface area contributed by atoms with E-state index in [1.54, 1.807) is 6.07 Å². The second kappa shape index (κ2) is 6.64. The number of phenolic OH excluding ortho intramolecular Hbond substituents is 2. The lowest BCUT2D eigenvalue weighted by atomic mass is 9.79. The molecule has 0 radical (unpaired) electrons. The van der Waals surface area contributed by atoms with E-state index in [-0.39, 0.29) is 29.0 Å². The second-order valence-corrected chi connectivity index (χ2v) is 5.98. The third-order valence-corrected chi connectivity index (χ3v) is 3.26. The van der Waals surface area contributed by atoms with Crippen LogP contribution in [-0.4, -0.2) is 22.3 Å². The van der Waals surface area contributed by atoms with Crippen molar-refractivity contribution in [2.75, 3.05) is 0 Å². The van der Waals surface area contributed by atoms with Gasteiger partial charge < -0.3 is 14.9 Å². The molecule has 4 nitrogen and oxygen atoms in total. The van der Waals surface area contributed by atoms with Gasteiger partial charge in [0.15, 0.2) is 0 Å². The zero-order valence-corrected chi connectivity index (χ0v) is 12.6. The van der Waals surface area contributed by atoms with Gasteiger partial charge in [-0.15, -0.1) is 0 Å². The fourth-order valence-electron chi connectivity index (χ4n) is 2.20. The SMILES string of the molecule is CC(C)OC(=O)CCCC(C)(C)c1cc(O)ccc1O. The Morgan fingerprint density at radius 1 is 1.30 bits per heavy atom. The molecule has 0 fully saturated rings. The molecule has 0 saturated carbocycles. The maximum Gasteiger partial charge on any atom is 0.306 e. The van der Waals surface area contributed by atoms with Gasteiger partial charge in [-0.05, 0) is 50.3 Å². The molecule has 0 aliphatic rings. The number of phenols is 2. The van der Waals surface area contributed by atoms with Gasteiger partial charge in [-0.2, -0.15) is 0 Å². The van der Waals surface area contributed by atoms with Crippen LogP contribution >= 0.6 is 0 Å². The number of benzene rings is 1. The minimum absolute atomic E-state index is 0.0920. The maximum atomic E-state index is 11.5. The van der Waals surface area contributed by atoms with Gasteiger partial charge in [0, 0.05) is 12.0 Å². The number of rotatable bonds is 6. The third-order valence-electron chi connectivity index (χ3n) is 3.26. The lowest BCUT2D eigenvalue weighted by Crippen LogP contribution is -2.18. The Morgan fingerprint density at radius 3 is 2.55 bits per heavy atom. The average molecular weight is 280 g/mol. The molecule has 20 heavy (non-hydrogen) atoms. The summed E-state index contributed by atoms with van der Waals surface area (Å²) in [4.78, 5) is 11.5. The van der Waals surface area contributed by atoms with Crippen molar-refractivity contribution in [2.24, 2.45) is 0 Å². The summed E-state index contributed by atoms with van der Waals surface area (Å²) in [6, 6.07) is 4.51. The Hall–Kier alpha value is -1.71. The molecule has 112 valence electrons. The van der Waals surface area contributed by atoms with Crippen LogP contribution in [-0.2, 0) is 14.9 Å². The molecule has 2 N–H and O–H groups in total. The van der Waals surface area contributed by atoms with Crippen molar-refractivity contribution in [3.8, 4) is 11.5 Å². The second-order valence-electron chi connectivity index (χ2n) is 5.98. The monoisotopic (exact) mass is 280 g/mol. The summed E-state index contributed by atoms with van der Waals surface area (Å²) in [6.07, 6.45) is 1.66. The summed E-state index contributed by atoms with van der Waals surface area (Å²) in [5.41, 5.74) is 0.371. The van der Waals surface area contributed by atoms with Gasteiger partial charge in [0.25, 0.3) is 0 Å². The van der Waals surface area contributed by atoms with Gasteiger partial charge in [-0.1, -0.05) is 13.8 Å². The maximum absolute atomic E-state index is 11.5. The summed E-state index contributed by atoms with van der Waals surface area (Å²) in [6.45, 7) is 7.61. The molecule has 0 heterocycles. The van der Waals surface area contributed by atoms with E-state index in [0.29, 0.717) is 18.4 Å². The number of carbonyl (C=O) groups is 1. The van der Waals surface area contributed by atoms with Crippen LogP contribution in [0.5, 0.6) is 11.5 Å². The van der Waals surface area contributed by atoms with Gasteiger partial charge in [0.05, 0.1) is 6.10 Å². The Morgan fingerprint density at radius 2 is 1.95 bits per heavy atom. The van der Waals surface area contributed by atoms with Crippen molar-refractivity contribution in [1.82, 2.24) is 0 Å². The third kappa shape index (κ3) is 4.76. The summed E-state index contributed by atoms with van der Waals surface area (Å²) >= 11 is 0. The minimum Gasteiger partial charge on any atom is -0.508 e. The molecular weight excluding hydrogens is 256 g/mol. The van der Waals surface area contributed by atoms with Gasteiger partial charge in [0.1, 0.15) is 11.5 Å². The number of hydrogen-bond acceptors (Lipinski definition) is 4. The topological polar surface area (TPSA) is 66.8 Å². The fraction of sp³-hybridized carbons (Fsp3) is 0.562. The van der Waals surface area contributed by atoms with E-state index in [2.05, 4.69) is 0 Å². The van der Waals surface area contributed by atoms with Crippen molar-refractivity contribution in [1.29, 1.82) is 0 Å². The van der Waals surface area contributed by atoms with Crippen LogP contribution in [0.2, 0.25) is 0 Å². The smallest absolute Gasteiger partial charge is 0.306 e. The van der Waals surface area contributed by atoms with E-state index in [9.17, 15) is 15.0 Å². The number of carbonyl (C=O) groups excluding carboxylic acids is 1. The molecule has 1 rings (SSSR count). The Balaban J connectivity index is 2.61. The van der Waals surface area contributed by atoms with Crippen LogP contribution in [0.3, 0.4) is 0 Å². The van der Waals surface area contributed by atoms with Crippen molar-refractivity contribution >= 4 is 5.97 Å². The molecule has 4 heteroatoms. The van der Waals surface area contributed by atoms with E-state index in [1.807, 2.05) is 27.7 Å². The molecule has 1 aromatic rings. The first kappa shape index (κ1) is 16.3. The number of hydrogen-bond donors (Lipinski definition) is 2. The highest BCUT2D eigenvalue weighted by atomic mass is 16.5. The number of esters is 1. The summed E-state index contributed by atoms with van der Waals surface area (Å²) in [5, 5.41) is 19.4. The van der Waals surface area contributed by atoms with Crippen LogP contribution in [0.25, 0.3) is 0 Å². The summed E-state index contributed by atoms with van der Waals surface area (Å²) in [5.74, 6) is 0.0959. The summed E-state index contributed by atoms with van der Waals surface area (Å²) < 4.78 is 5.09. The highest BCUT2D eigenvalue weighted by molar-refractivity contribution is 5.69. The first-order chi connectivity index (χ1) is 9.22. The fourth-order valence-corrected chi connectivity index (χ4v) is 2.20. The Bertz CT molecular complexity index is 464. The molecule has 0 aromatic heterocycles. The molecule has 0 amide bonds. The minimum atomic E-state index is -0.319. The predicted octanol–water partition coefficient (Wildman–Crippen LogP) is 3.50. The lowest BCUT2D eigenvalue weighted by Gasteiger charge is -2.26. The van der Waals surface area contributed by atoms with Crippen LogP contribution in [0, 0.1) is 0 Å². The van der Waals surface area contributed by atoms with Gasteiger partial charge in [-0.25, -0.2) is 0 Å². The van der Waals surface area contributed by atoms with Gasteiger partial charge >= 0.3 is 5.97 Å². The van der Waals surface area contributed by atoms with Gasteiger partial charge in [-0.3, -0.25) is 4.79 Å². The lowest BCUT2D eigenvalue weighted by molar-refractivity contribution is -0.147. The molecule has 0 aliphatic heterocycles. The van der Waals surface area contributed by atoms with Crippen molar-refractivity contribution in [3.05, 3.63) is 23.8 Å². The molecule has 0 saturated heterocycles. The van der Waals surface area contributed by atoms with Crippen LogP contribution in [0.4, 0.5) is 0 Å². The van der Waals surface area contributed by atoms with E-state index in [0.717, 1.165) is 6.42 Å². The molecule has 0 spiro atoms. The number of ether oxygens (including phenoxy) is 1. The van der Waals surface area contributed by atoms with Crippen molar-refractivity contribution < 1.29 is 19.7 Å². The van der Waals surface area contributed by atoms with E-state index in [1.165, 1.54) is 12.1 Å². The standard InChI is InChI=1S/C16H24O4/c1-11(2)20-15(19)6-5-9-16(3,4)13-10-12(17)7-8-14(13)18/h7-8,10-11,17-18H,5-6,9H2,1-4H3. The quantitative estimate of drug-likeness (QED) is 0.618. The number of aromatic hydroxyl groups is 2. The normalized spacial score (nSPS) is 11.7. The van der Waals surface area contributed by atoms with Crippen LogP contribution < -0.4 is 0 Å². The van der Waals surface area contributed by atoms with Crippen molar-refractivity contribution in [2.45, 2.75) is 58.5 Å². The first-order valence-electron chi connectivity index (χ1n) is 6.94. The molecule has 0 atom stereocenters. The van der Waals surface area contributed by atoms with E-state index >= 15 is 0 Å². The molecule has 0 bridgehead atoms. The van der Waals surface area contributed by atoms with Crippen molar-refractivity contribution in [3.63, 3.8) is 0 Å². The molecular formula is C16H24O4. The zero-order valence-electron chi connectivity index (χ0n) is 12.6. The zero-order chi connectivity index (χ0) is 15.3. The van der Waals surface area contributed by atoms with Gasteiger partial charge in [0.2, 0.25) is 0 Å². The van der Waals surface area contributed by atoms with E-state index in [4.69, 9.17) is 4.74 Å². The van der Waals surface area contributed by atoms with E-state index < -0.39 is 0 Å². The molecule has 0 unspecified atom stereocenters. The Labute approximate surface area is 120 Å².